The highest BCUT2D eigenvalue weighted by Crippen LogP contribution is 2.67. The van der Waals surface area contributed by atoms with E-state index < -0.39 is 30.7 Å². The van der Waals surface area contributed by atoms with Crippen LogP contribution >= 0.6 is 0 Å². The van der Waals surface area contributed by atoms with E-state index in [1.807, 2.05) is 0 Å². The van der Waals surface area contributed by atoms with Crippen molar-refractivity contribution in [3.8, 4) is 0 Å². The minimum atomic E-state index is -1.45. The van der Waals surface area contributed by atoms with Crippen LogP contribution in [0.5, 0.6) is 0 Å². The average molecular weight is 851 g/mol. The second-order valence-electron chi connectivity index (χ2n) is 21.3. The van der Waals surface area contributed by atoms with Gasteiger partial charge in [-0.15, -0.1) is 0 Å². The molecule has 5 rings (SSSR count). The maximum absolute atomic E-state index is 12.6. The number of hydrogen-bond acceptors (Lipinski definition) is 7. The van der Waals surface area contributed by atoms with Crippen molar-refractivity contribution in [3.05, 3.63) is 48.1 Å². The molecule has 0 amide bonds. The third-order valence-electron chi connectivity index (χ3n) is 17.0. The van der Waals surface area contributed by atoms with Gasteiger partial charge in [0.1, 0.15) is 31.0 Å². The maximum atomic E-state index is 12.6. The van der Waals surface area contributed by atoms with E-state index in [1.54, 1.807) is 0 Å². The Kier molecular flexibility index (Phi) is 20.2. The van der Waals surface area contributed by atoms with E-state index in [0.717, 1.165) is 106 Å². The van der Waals surface area contributed by atoms with Crippen molar-refractivity contribution in [2.75, 3.05) is 6.61 Å². The summed E-state index contributed by atoms with van der Waals surface area (Å²) in [7, 11) is 0. The molecule has 4 fully saturated rings. The van der Waals surface area contributed by atoms with E-state index in [2.05, 4.69) is 91.0 Å². The first-order chi connectivity index (χ1) is 29.3. The molecule has 14 unspecified atom stereocenters. The zero-order valence-electron chi connectivity index (χ0n) is 39.8. The Labute approximate surface area is 372 Å². The number of carbonyl (C=O) groups excluding carboxylic acids is 1. The molecule has 1 saturated heterocycles. The number of fused-ring (bicyclic) bond motifs is 5. The molecule has 1 heterocycles. The lowest BCUT2D eigenvalue weighted by molar-refractivity contribution is -0.313. The molecule has 1 aliphatic heterocycles. The number of carbonyl (C=O) groups is 1. The Morgan fingerprint density at radius 1 is 0.803 bits per heavy atom. The highest BCUT2D eigenvalue weighted by atomic mass is 16.7. The molecule has 7 heteroatoms. The zero-order valence-corrected chi connectivity index (χ0v) is 39.8. The fourth-order valence-electron chi connectivity index (χ4n) is 12.6. The number of allylic oxidation sites excluding steroid dienone is 7. The van der Waals surface area contributed by atoms with Gasteiger partial charge < -0.3 is 29.5 Å². The van der Waals surface area contributed by atoms with Crippen molar-refractivity contribution in [1.29, 1.82) is 0 Å². The minimum absolute atomic E-state index is 0.146. The summed E-state index contributed by atoms with van der Waals surface area (Å²) in [5.74, 6) is 5.13. The highest BCUT2D eigenvalue weighted by Gasteiger charge is 2.59. The predicted octanol–water partition coefficient (Wildman–Crippen LogP) is 12.4. The molecule has 5 aliphatic rings. The van der Waals surface area contributed by atoms with E-state index in [9.17, 15) is 20.1 Å². The average Bonchev–Trinajstić information content (AvgIpc) is 3.60. The SMILES string of the molecule is CC/C=C\C/C=C\C/C=C\CCCCCCCCCC(=O)OCC1OC(OC2CCC3(C)C(=CCC4C3CCC3(C)C(C(C)CCC(C)C(C)C)CCC43)C2)C(O)C(O)C1O. The van der Waals surface area contributed by atoms with Crippen molar-refractivity contribution < 1.29 is 34.3 Å². The van der Waals surface area contributed by atoms with Crippen LogP contribution in [-0.2, 0) is 19.0 Å². The predicted molar refractivity (Wildman–Crippen MR) is 249 cm³/mol. The van der Waals surface area contributed by atoms with Gasteiger partial charge in [0, 0.05) is 6.42 Å². The van der Waals surface area contributed by atoms with Gasteiger partial charge in [0.25, 0.3) is 0 Å². The molecule has 0 aromatic heterocycles. The van der Waals surface area contributed by atoms with Crippen LogP contribution in [0.2, 0.25) is 0 Å². The smallest absolute Gasteiger partial charge is 0.305 e. The van der Waals surface area contributed by atoms with Crippen LogP contribution in [0.4, 0.5) is 0 Å². The summed E-state index contributed by atoms with van der Waals surface area (Å²) in [4.78, 5) is 12.6. The number of rotatable bonds is 24. The van der Waals surface area contributed by atoms with Crippen molar-refractivity contribution in [3.63, 3.8) is 0 Å². The molecule has 7 nitrogen and oxygen atoms in total. The molecule has 0 bridgehead atoms. The van der Waals surface area contributed by atoms with Crippen LogP contribution in [0.25, 0.3) is 0 Å². The Bertz CT molecular complexity index is 1430. The summed E-state index contributed by atoms with van der Waals surface area (Å²) in [6, 6.07) is 0. The largest absolute Gasteiger partial charge is 0.463 e. The summed E-state index contributed by atoms with van der Waals surface area (Å²) < 4.78 is 18.0. The fraction of sp³-hybridized carbons (Fsp3) is 0.833. The Morgan fingerprint density at radius 3 is 2.21 bits per heavy atom. The molecule has 4 aliphatic carbocycles. The second-order valence-corrected chi connectivity index (χ2v) is 21.3. The minimum Gasteiger partial charge on any atom is -0.463 e. The maximum Gasteiger partial charge on any atom is 0.305 e. The first-order valence-corrected chi connectivity index (χ1v) is 25.4. The standard InChI is InChI=1S/C54H90O7/c1-8-9-10-11-12-13-14-15-16-17-18-19-20-21-22-23-24-25-48(55)59-37-47-49(56)50(57)51(58)52(61-47)60-42-32-34-53(6)41(36-42)28-29-43-45-31-30-44(54(45,7)35-33-46(43)53)40(5)27-26-39(4)38(2)3/h9-10,12-13,15-16,28,38-40,42-47,49-52,56-58H,8,11,14,17-27,29-37H2,1-7H3/b10-9-,13-12-,16-15-. The fourth-order valence-corrected chi connectivity index (χ4v) is 12.6. The first-order valence-electron chi connectivity index (χ1n) is 25.4. The summed E-state index contributed by atoms with van der Waals surface area (Å²) in [5.41, 5.74) is 2.12. The zero-order chi connectivity index (χ0) is 44.0. The summed E-state index contributed by atoms with van der Waals surface area (Å²) >= 11 is 0. The van der Waals surface area contributed by atoms with Gasteiger partial charge in [0.05, 0.1) is 6.10 Å². The molecule has 0 spiro atoms. The van der Waals surface area contributed by atoms with Gasteiger partial charge in [0.15, 0.2) is 6.29 Å². The van der Waals surface area contributed by atoms with Crippen molar-refractivity contribution >= 4 is 5.97 Å². The van der Waals surface area contributed by atoms with E-state index in [4.69, 9.17) is 14.2 Å². The van der Waals surface area contributed by atoms with Crippen molar-refractivity contribution in [2.24, 2.45) is 52.3 Å². The number of esters is 1. The van der Waals surface area contributed by atoms with Crippen LogP contribution in [-0.4, -0.2) is 64.7 Å². The van der Waals surface area contributed by atoms with Gasteiger partial charge in [-0.2, -0.15) is 0 Å². The Balaban J connectivity index is 0.996. The topological polar surface area (TPSA) is 105 Å². The molecule has 14 atom stereocenters. The van der Waals surface area contributed by atoms with Crippen LogP contribution in [0, 0.1) is 52.3 Å². The lowest BCUT2D eigenvalue weighted by Crippen LogP contribution is -2.60. The molecule has 348 valence electrons. The van der Waals surface area contributed by atoms with Crippen LogP contribution < -0.4 is 0 Å². The second kappa shape index (κ2) is 24.5. The van der Waals surface area contributed by atoms with E-state index in [-0.39, 0.29) is 24.1 Å². The molecule has 61 heavy (non-hydrogen) atoms. The molecule has 0 aromatic rings. The third kappa shape index (κ3) is 13.4. The van der Waals surface area contributed by atoms with Crippen molar-refractivity contribution in [2.45, 2.75) is 227 Å². The summed E-state index contributed by atoms with van der Waals surface area (Å²) in [6.07, 6.45) is 33.8. The first kappa shape index (κ1) is 50.2. The number of aliphatic hydroxyl groups excluding tert-OH is 3. The third-order valence-corrected chi connectivity index (χ3v) is 17.0. The monoisotopic (exact) mass is 851 g/mol. The summed E-state index contributed by atoms with van der Waals surface area (Å²) in [5, 5.41) is 32.5. The van der Waals surface area contributed by atoms with Gasteiger partial charge in [-0.3, -0.25) is 4.79 Å². The molecular weight excluding hydrogens is 761 g/mol. The number of unbranched alkanes of at least 4 members (excludes halogenated alkanes) is 7. The lowest BCUT2D eigenvalue weighted by Gasteiger charge is -2.58. The van der Waals surface area contributed by atoms with Crippen LogP contribution in [0.1, 0.15) is 190 Å². The van der Waals surface area contributed by atoms with Crippen LogP contribution in [0.3, 0.4) is 0 Å². The molecule has 3 N–H and O–H groups in total. The van der Waals surface area contributed by atoms with E-state index in [1.165, 1.54) is 69.8 Å². The van der Waals surface area contributed by atoms with Crippen molar-refractivity contribution in [1.82, 2.24) is 0 Å². The lowest BCUT2D eigenvalue weighted by atomic mass is 9.47. The number of hydrogen-bond donors (Lipinski definition) is 3. The van der Waals surface area contributed by atoms with Gasteiger partial charge in [-0.1, -0.05) is 142 Å². The Morgan fingerprint density at radius 2 is 1.49 bits per heavy atom. The molecule has 0 radical (unpaired) electrons. The van der Waals surface area contributed by atoms with Gasteiger partial charge in [0.2, 0.25) is 0 Å². The quantitative estimate of drug-likeness (QED) is 0.0504. The van der Waals surface area contributed by atoms with Gasteiger partial charge in [-0.25, -0.2) is 0 Å². The van der Waals surface area contributed by atoms with E-state index in [0.29, 0.717) is 17.8 Å². The van der Waals surface area contributed by atoms with Gasteiger partial charge in [-0.05, 0) is 142 Å². The molecule has 0 aromatic carbocycles. The van der Waals surface area contributed by atoms with E-state index >= 15 is 0 Å². The molecular formula is C54H90O7. The van der Waals surface area contributed by atoms with Gasteiger partial charge >= 0.3 is 5.97 Å². The highest BCUT2D eigenvalue weighted by molar-refractivity contribution is 5.69. The normalized spacial score (nSPS) is 36.3. The number of ether oxygens (including phenoxy) is 3. The Hall–Kier alpha value is -1.77. The number of aliphatic hydroxyl groups is 3. The molecule has 3 saturated carbocycles. The summed E-state index contributed by atoms with van der Waals surface area (Å²) in [6.45, 7) is 16.9. The van der Waals surface area contributed by atoms with Crippen LogP contribution in [0.15, 0.2) is 48.1 Å².